The molecule has 1 aliphatic heterocycles. The maximum Gasteiger partial charge on any atom is 0.343 e. The molecule has 2 aromatic carbocycles. The number of hydrogen-bond donors (Lipinski definition) is 3. The van der Waals surface area contributed by atoms with E-state index in [1.54, 1.807) is 71.9 Å². The Labute approximate surface area is 244 Å². The summed E-state index contributed by atoms with van der Waals surface area (Å²) in [5.41, 5.74) is 10.7. The van der Waals surface area contributed by atoms with Crippen molar-refractivity contribution in [3.63, 3.8) is 0 Å². The summed E-state index contributed by atoms with van der Waals surface area (Å²) in [6.45, 7) is 10.4. The minimum atomic E-state index is -1.22. The van der Waals surface area contributed by atoms with E-state index in [4.69, 9.17) is 30.4 Å². The molecule has 5 N–H and O–H groups in total. The second kappa shape index (κ2) is 12.9. The lowest BCUT2D eigenvalue weighted by atomic mass is 9.97. The Morgan fingerprint density at radius 1 is 0.976 bits per heavy atom. The second-order valence-corrected chi connectivity index (χ2v) is 11.8. The van der Waals surface area contributed by atoms with Gasteiger partial charge < -0.3 is 35.7 Å². The Morgan fingerprint density at radius 2 is 1.62 bits per heavy atom. The number of hydrogen-bond acceptors (Lipinski definition) is 9. The summed E-state index contributed by atoms with van der Waals surface area (Å²) in [5.74, 6) is -2.11. The number of nitrogens with zero attached hydrogens (tertiary/aromatic N) is 1. The lowest BCUT2D eigenvalue weighted by molar-refractivity contribution is -0.165. The van der Waals surface area contributed by atoms with Crippen LogP contribution in [0.4, 0.5) is 5.69 Å². The summed E-state index contributed by atoms with van der Waals surface area (Å²) < 4.78 is 22.0. The zero-order valence-corrected chi connectivity index (χ0v) is 24.7. The molecule has 0 fully saturated rings. The van der Waals surface area contributed by atoms with Crippen LogP contribution in [0, 0.1) is 0 Å². The molecule has 1 amide bonds. The van der Waals surface area contributed by atoms with Crippen LogP contribution in [0.5, 0.6) is 11.5 Å². The monoisotopic (exact) mass is 582 g/mol. The molecule has 0 spiro atoms. The lowest BCUT2D eigenvalue weighted by Gasteiger charge is -2.26. The number of aliphatic imine (C=N–C) groups is 1. The van der Waals surface area contributed by atoms with Crippen LogP contribution in [0.25, 0.3) is 0 Å². The van der Waals surface area contributed by atoms with Crippen molar-refractivity contribution in [1.82, 2.24) is 5.32 Å². The fourth-order valence-corrected chi connectivity index (χ4v) is 4.07. The van der Waals surface area contributed by atoms with Gasteiger partial charge in [-0.3, -0.25) is 9.59 Å². The zero-order valence-electron chi connectivity index (χ0n) is 24.7. The van der Waals surface area contributed by atoms with Gasteiger partial charge in [-0.15, -0.1) is 0 Å². The number of nitrogens with two attached hydrogens (primary N) is 2. The van der Waals surface area contributed by atoms with Gasteiger partial charge in [-0.2, -0.15) is 0 Å². The summed E-state index contributed by atoms with van der Waals surface area (Å²) in [4.78, 5) is 54.7. The van der Waals surface area contributed by atoms with E-state index in [2.05, 4.69) is 10.3 Å². The van der Waals surface area contributed by atoms with Crippen LogP contribution in [0.1, 0.15) is 76.2 Å². The van der Waals surface area contributed by atoms with E-state index in [1.165, 1.54) is 12.1 Å². The van der Waals surface area contributed by atoms with Crippen LogP contribution in [0.3, 0.4) is 0 Å². The van der Waals surface area contributed by atoms with Crippen LogP contribution in [0.15, 0.2) is 47.5 Å². The van der Waals surface area contributed by atoms with Crippen LogP contribution in [-0.2, 0) is 23.9 Å². The number of guanidine groups is 1. The molecule has 226 valence electrons. The predicted octanol–water partition coefficient (Wildman–Crippen LogP) is 3.24. The first-order valence-electron chi connectivity index (χ1n) is 13.4. The van der Waals surface area contributed by atoms with Crippen molar-refractivity contribution >= 4 is 35.5 Å². The molecule has 2 aromatic rings. The molecule has 42 heavy (non-hydrogen) atoms. The Hall–Kier alpha value is -4.61. The molecule has 0 aliphatic carbocycles. The number of carbonyl (C=O) groups is 4. The van der Waals surface area contributed by atoms with Crippen molar-refractivity contribution in [3.05, 3.63) is 53.6 Å². The van der Waals surface area contributed by atoms with Gasteiger partial charge in [-0.05, 0) is 71.9 Å². The number of rotatable bonds is 9. The molecule has 0 saturated heterocycles. The highest BCUT2D eigenvalue weighted by Gasteiger charge is 2.33. The number of esters is 3. The topological polar surface area (TPSA) is 182 Å². The molecule has 0 bridgehead atoms. The number of carbonyl (C=O) groups excluding carboxylic acids is 4. The molecular weight excluding hydrogens is 544 g/mol. The first-order chi connectivity index (χ1) is 19.5. The lowest BCUT2D eigenvalue weighted by Crippen LogP contribution is -2.46. The van der Waals surface area contributed by atoms with E-state index in [1.807, 2.05) is 0 Å². The number of amides is 1. The van der Waals surface area contributed by atoms with Gasteiger partial charge in [0.25, 0.3) is 0 Å². The average molecular weight is 583 g/mol. The van der Waals surface area contributed by atoms with Crippen LogP contribution in [-0.4, -0.2) is 53.6 Å². The first-order valence-corrected chi connectivity index (χ1v) is 13.4. The number of fused-ring (bicyclic) bond motifs is 1. The highest BCUT2D eigenvalue weighted by atomic mass is 16.6. The second-order valence-electron chi connectivity index (χ2n) is 11.8. The van der Waals surface area contributed by atoms with Gasteiger partial charge in [-0.25, -0.2) is 14.6 Å². The van der Waals surface area contributed by atoms with Crippen LogP contribution < -0.4 is 26.3 Å². The first kappa shape index (κ1) is 31.9. The Kier molecular flexibility index (Phi) is 9.82. The molecule has 0 saturated carbocycles. The fourth-order valence-electron chi connectivity index (χ4n) is 4.07. The molecule has 1 aliphatic rings. The molecule has 12 heteroatoms. The molecule has 3 rings (SSSR count). The molecule has 12 nitrogen and oxygen atoms in total. The SMILES string of the molecule is CC(C)(C)OC(=O)C[C@H](NC(=O)C[C@H]1COc2cc(OC(=O)c3ccc(N=C(N)N)cc3)ccc21)C(=O)OC(C)(C)C. The number of benzene rings is 2. The van der Waals surface area contributed by atoms with E-state index < -0.39 is 41.1 Å². The van der Waals surface area contributed by atoms with E-state index >= 15 is 0 Å². The number of ether oxygens (including phenoxy) is 4. The third kappa shape index (κ3) is 9.79. The van der Waals surface area contributed by atoms with Gasteiger partial charge in [0, 0.05) is 24.0 Å². The molecule has 1 heterocycles. The molecule has 0 aromatic heterocycles. The third-order valence-corrected chi connectivity index (χ3v) is 5.69. The Bertz CT molecular complexity index is 1350. The standard InChI is InChI=1S/C30H38N4O8/c1-29(2,3)41-25(36)15-22(27(38)42-30(4,5)6)34-24(35)13-18-16-39-23-14-20(11-12-21(18)23)40-26(37)17-7-9-19(10-8-17)33-28(31)32/h7-12,14,18,22H,13,15-16H2,1-6H3,(H,34,35)(H4,31,32,33)/t18-,22-/m0/s1. The zero-order chi connectivity index (χ0) is 31.2. The molecule has 2 atom stereocenters. The van der Waals surface area contributed by atoms with Crippen molar-refractivity contribution in [1.29, 1.82) is 0 Å². The largest absolute Gasteiger partial charge is 0.492 e. The van der Waals surface area contributed by atoms with E-state index in [0.29, 0.717) is 17.0 Å². The smallest absolute Gasteiger partial charge is 0.343 e. The summed E-state index contributed by atoms with van der Waals surface area (Å²) in [5, 5.41) is 2.62. The van der Waals surface area contributed by atoms with Gasteiger partial charge in [0.05, 0.1) is 24.3 Å². The Balaban J connectivity index is 1.64. The van der Waals surface area contributed by atoms with Gasteiger partial charge in [0.1, 0.15) is 28.7 Å². The summed E-state index contributed by atoms with van der Waals surface area (Å²) in [6.07, 6.45) is -0.386. The highest BCUT2D eigenvalue weighted by Crippen LogP contribution is 2.38. The van der Waals surface area contributed by atoms with Gasteiger partial charge in [-0.1, -0.05) is 6.07 Å². The predicted molar refractivity (Wildman–Crippen MR) is 154 cm³/mol. The molecular formula is C30H38N4O8. The quantitative estimate of drug-likeness (QED) is 0.172. The highest BCUT2D eigenvalue weighted by molar-refractivity contribution is 5.92. The molecule has 0 unspecified atom stereocenters. The van der Waals surface area contributed by atoms with Crippen molar-refractivity contribution in [2.45, 2.75) is 77.5 Å². The van der Waals surface area contributed by atoms with Crippen LogP contribution in [0.2, 0.25) is 0 Å². The van der Waals surface area contributed by atoms with Gasteiger partial charge in [0.2, 0.25) is 5.91 Å². The normalized spacial score (nSPS) is 15.0. The summed E-state index contributed by atoms with van der Waals surface area (Å²) >= 11 is 0. The maximum atomic E-state index is 13.0. The van der Waals surface area contributed by atoms with Gasteiger partial charge in [0.15, 0.2) is 5.96 Å². The minimum absolute atomic E-state index is 0.0120. The fraction of sp³-hybridized carbons (Fsp3) is 0.433. The number of nitrogens with one attached hydrogen (secondary N) is 1. The summed E-state index contributed by atoms with van der Waals surface area (Å²) in [6, 6.07) is 9.92. The van der Waals surface area contributed by atoms with E-state index in [0.717, 1.165) is 5.56 Å². The van der Waals surface area contributed by atoms with E-state index in [9.17, 15) is 19.2 Å². The summed E-state index contributed by atoms with van der Waals surface area (Å²) in [7, 11) is 0. The van der Waals surface area contributed by atoms with Crippen molar-refractivity contribution in [3.8, 4) is 11.5 Å². The van der Waals surface area contributed by atoms with Gasteiger partial charge >= 0.3 is 17.9 Å². The maximum absolute atomic E-state index is 13.0. The average Bonchev–Trinajstić information content (AvgIpc) is 3.23. The Morgan fingerprint density at radius 3 is 2.21 bits per heavy atom. The third-order valence-electron chi connectivity index (χ3n) is 5.69. The van der Waals surface area contributed by atoms with E-state index in [-0.39, 0.29) is 37.1 Å². The molecule has 0 radical (unpaired) electrons. The minimum Gasteiger partial charge on any atom is -0.492 e. The van der Waals surface area contributed by atoms with Crippen molar-refractivity contribution < 1.29 is 38.1 Å². The van der Waals surface area contributed by atoms with Crippen molar-refractivity contribution in [2.24, 2.45) is 16.5 Å². The van der Waals surface area contributed by atoms with Crippen LogP contribution >= 0.6 is 0 Å². The van der Waals surface area contributed by atoms with Crippen molar-refractivity contribution in [2.75, 3.05) is 6.61 Å².